The SMILES string of the molecule is Nc1nc[nH]c1-c1cc(F)cc(F)c1F. The number of aromatic amines is 1. The summed E-state index contributed by atoms with van der Waals surface area (Å²) in [6.07, 6.45) is 1.22. The van der Waals surface area contributed by atoms with Crippen molar-refractivity contribution in [1.82, 2.24) is 9.97 Å². The van der Waals surface area contributed by atoms with Crippen LogP contribution in [0.25, 0.3) is 11.3 Å². The minimum Gasteiger partial charge on any atom is -0.382 e. The number of imidazole rings is 1. The van der Waals surface area contributed by atoms with E-state index >= 15 is 0 Å². The molecule has 0 aliphatic carbocycles. The normalized spacial score (nSPS) is 10.6. The van der Waals surface area contributed by atoms with E-state index in [4.69, 9.17) is 5.73 Å². The van der Waals surface area contributed by atoms with Crippen LogP contribution in [0.15, 0.2) is 18.5 Å². The Morgan fingerprint density at radius 1 is 1.20 bits per heavy atom. The molecule has 3 nitrogen and oxygen atoms in total. The number of hydrogen-bond acceptors (Lipinski definition) is 2. The van der Waals surface area contributed by atoms with Gasteiger partial charge in [0.1, 0.15) is 11.6 Å². The number of hydrogen-bond donors (Lipinski definition) is 2. The van der Waals surface area contributed by atoms with Crippen LogP contribution in [0.1, 0.15) is 0 Å². The quantitative estimate of drug-likeness (QED) is 0.712. The zero-order chi connectivity index (χ0) is 11.0. The Kier molecular flexibility index (Phi) is 2.11. The molecule has 6 heteroatoms. The topological polar surface area (TPSA) is 54.7 Å². The van der Waals surface area contributed by atoms with Crippen LogP contribution in [0.2, 0.25) is 0 Å². The first-order chi connectivity index (χ1) is 7.09. The van der Waals surface area contributed by atoms with Crippen molar-refractivity contribution in [2.45, 2.75) is 0 Å². The number of nitrogen functional groups attached to an aromatic ring is 1. The summed E-state index contributed by atoms with van der Waals surface area (Å²) in [5.74, 6) is -3.32. The summed E-state index contributed by atoms with van der Waals surface area (Å²) in [4.78, 5) is 6.11. The average Bonchev–Trinajstić information content (AvgIpc) is 2.58. The van der Waals surface area contributed by atoms with Crippen LogP contribution >= 0.6 is 0 Å². The van der Waals surface area contributed by atoms with Crippen LogP contribution in [0.5, 0.6) is 0 Å². The van der Waals surface area contributed by atoms with Gasteiger partial charge in [-0.1, -0.05) is 0 Å². The third kappa shape index (κ3) is 1.54. The number of anilines is 1. The van der Waals surface area contributed by atoms with Crippen molar-refractivity contribution < 1.29 is 13.2 Å². The van der Waals surface area contributed by atoms with Crippen molar-refractivity contribution in [2.75, 3.05) is 5.73 Å². The molecule has 3 N–H and O–H groups in total. The number of rotatable bonds is 1. The van der Waals surface area contributed by atoms with Crippen molar-refractivity contribution in [2.24, 2.45) is 0 Å². The molecule has 0 aliphatic rings. The van der Waals surface area contributed by atoms with Crippen molar-refractivity contribution in [3.63, 3.8) is 0 Å². The van der Waals surface area contributed by atoms with Gasteiger partial charge in [0.2, 0.25) is 0 Å². The predicted molar refractivity (Wildman–Crippen MR) is 48.3 cm³/mol. The highest BCUT2D eigenvalue weighted by Crippen LogP contribution is 2.27. The van der Waals surface area contributed by atoms with E-state index in [1.54, 1.807) is 0 Å². The standard InChI is InChI=1S/C9H6F3N3/c10-4-1-5(7(12)6(11)2-4)8-9(13)15-3-14-8/h1-3H,13H2,(H,14,15). The molecular formula is C9H6F3N3. The fourth-order valence-electron chi connectivity index (χ4n) is 1.26. The van der Waals surface area contributed by atoms with Gasteiger partial charge in [-0.3, -0.25) is 0 Å². The minimum absolute atomic E-state index is 0.0149. The third-order valence-corrected chi connectivity index (χ3v) is 1.93. The highest BCUT2D eigenvalue weighted by molar-refractivity contribution is 5.70. The maximum absolute atomic E-state index is 13.3. The van der Waals surface area contributed by atoms with E-state index in [1.807, 2.05) is 0 Å². The maximum Gasteiger partial charge on any atom is 0.168 e. The van der Waals surface area contributed by atoms with Gasteiger partial charge >= 0.3 is 0 Å². The molecule has 0 spiro atoms. The maximum atomic E-state index is 13.3. The van der Waals surface area contributed by atoms with E-state index in [2.05, 4.69) is 9.97 Å². The first-order valence-electron chi connectivity index (χ1n) is 4.03. The lowest BCUT2D eigenvalue weighted by Gasteiger charge is -2.02. The molecule has 1 heterocycles. The van der Waals surface area contributed by atoms with Gasteiger partial charge in [0.25, 0.3) is 0 Å². The highest BCUT2D eigenvalue weighted by Gasteiger charge is 2.15. The molecule has 0 fully saturated rings. The molecule has 0 atom stereocenters. The number of nitrogens with two attached hydrogens (primary N) is 1. The summed E-state index contributed by atoms with van der Waals surface area (Å²) in [7, 11) is 0. The second kappa shape index (κ2) is 3.30. The highest BCUT2D eigenvalue weighted by atomic mass is 19.2. The smallest absolute Gasteiger partial charge is 0.168 e. The van der Waals surface area contributed by atoms with Crippen LogP contribution in [0, 0.1) is 17.5 Å². The molecule has 0 unspecified atom stereocenters. The number of nitrogens with one attached hydrogen (secondary N) is 1. The average molecular weight is 213 g/mol. The Hall–Kier alpha value is -1.98. The van der Waals surface area contributed by atoms with Crippen LogP contribution < -0.4 is 5.73 Å². The first-order valence-corrected chi connectivity index (χ1v) is 4.03. The Bertz CT molecular complexity index is 507. The molecule has 0 amide bonds. The second-order valence-corrected chi connectivity index (χ2v) is 2.91. The van der Waals surface area contributed by atoms with Gasteiger partial charge < -0.3 is 10.7 Å². The second-order valence-electron chi connectivity index (χ2n) is 2.91. The Labute approximate surface area is 82.8 Å². The van der Waals surface area contributed by atoms with Crippen LogP contribution in [-0.4, -0.2) is 9.97 Å². The lowest BCUT2D eigenvalue weighted by Crippen LogP contribution is -1.95. The summed E-state index contributed by atoms with van der Waals surface area (Å²) in [5, 5.41) is 0. The molecular weight excluding hydrogens is 207 g/mol. The summed E-state index contributed by atoms with van der Waals surface area (Å²) >= 11 is 0. The van der Waals surface area contributed by atoms with Gasteiger partial charge in [-0.05, 0) is 6.07 Å². The Morgan fingerprint density at radius 2 is 1.93 bits per heavy atom. The lowest BCUT2D eigenvalue weighted by atomic mass is 10.1. The monoisotopic (exact) mass is 213 g/mol. The number of halogens is 3. The van der Waals surface area contributed by atoms with Crippen molar-refractivity contribution in [3.05, 3.63) is 35.9 Å². The molecule has 0 aliphatic heterocycles. The molecule has 0 radical (unpaired) electrons. The molecule has 0 saturated carbocycles. The molecule has 1 aromatic heterocycles. The summed E-state index contributed by atoms with van der Waals surface area (Å²) in [6, 6.07) is 1.31. The molecule has 15 heavy (non-hydrogen) atoms. The van der Waals surface area contributed by atoms with Crippen molar-refractivity contribution in [1.29, 1.82) is 0 Å². The largest absolute Gasteiger partial charge is 0.382 e. The van der Waals surface area contributed by atoms with Crippen LogP contribution in [0.4, 0.5) is 19.0 Å². The van der Waals surface area contributed by atoms with E-state index in [-0.39, 0.29) is 17.1 Å². The van der Waals surface area contributed by atoms with Gasteiger partial charge in [-0.2, -0.15) is 0 Å². The summed E-state index contributed by atoms with van der Waals surface area (Å²) in [5.41, 5.74) is 5.17. The third-order valence-electron chi connectivity index (χ3n) is 1.93. The molecule has 78 valence electrons. The van der Waals surface area contributed by atoms with E-state index in [1.165, 1.54) is 6.33 Å². The number of benzene rings is 1. The molecule has 2 aromatic rings. The van der Waals surface area contributed by atoms with E-state index in [0.717, 1.165) is 6.07 Å². The Morgan fingerprint density at radius 3 is 2.53 bits per heavy atom. The number of H-pyrrole nitrogens is 1. The van der Waals surface area contributed by atoms with Crippen molar-refractivity contribution >= 4 is 5.82 Å². The fraction of sp³-hybridized carbons (Fsp3) is 0. The van der Waals surface area contributed by atoms with Gasteiger partial charge in [0, 0.05) is 11.6 Å². The molecule has 0 bridgehead atoms. The van der Waals surface area contributed by atoms with Crippen LogP contribution in [0.3, 0.4) is 0 Å². The zero-order valence-electron chi connectivity index (χ0n) is 7.39. The van der Waals surface area contributed by atoms with Gasteiger partial charge in [-0.15, -0.1) is 0 Å². The van der Waals surface area contributed by atoms with Crippen molar-refractivity contribution in [3.8, 4) is 11.3 Å². The zero-order valence-corrected chi connectivity index (χ0v) is 7.39. The fourth-order valence-corrected chi connectivity index (χ4v) is 1.26. The predicted octanol–water partition coefficient (Wildman–Crippen LogP) is 2.08. The Balaban J connectivity index is 2.68. The first kappa shape index (κ1) is 9.57. The van der Waals surface area contributed by atoms with Crippen LogP contribution in [-0.2, 0) is 0 Å². The van der Waals surface area contributed by atoms with E-state index in [0.29, 0.717) is 6.07 Å². The molecule has 2 rings (SSSR count). The van der Waals surface area contributed by atoms with Gasteiger partial charge in [0.15, 0.2) is 11.6 Å². The summed E-state index contributed by atoms with van der Waals surface area (Å²) < 4.78 is 39.0. The number of aromatic nitrogens is 2. The van der Waals surface area contributed by atoms with Gasteiger partial charge in [0.05, 0.1) is 12.0 Å². The number of nitrogens with zero attached hydrogens (tertiary/aromatic N) is 1. The molecule has 1 aromatic carbocycles. The van der Waals surface area contributed by atoms with E-state index in [9.17, 15) is 13.2 Å². The lowest BCUT2D eigenvalue weighted by molar-refractivity contribution is 0.497. The minimum atomic E-state index is -1.26. The van der Waals surface area contributed by atoms with E-state index < -0.39 is 17.5 Å². The summed E-state index contributed by atoms with van der Waals surface area (Å²) in [6.45, 7) is 0. The van der Waals surface area contributed by atoms with Gasteiger partial charge in [-0.25, -0.2) is 18.2 Å². The molecule has 0 saturated heterocycles.